The highest BCUT2D eigenvalue weighted by molar-refractivity contribution is 5.82. The molecular formula is C29H35N2O4+. The van der Waals surface area contributed by atoms with Crippen LogP contribution >= 0.6 is 0 Å². The standard InChI is InChI=1S/C29H35N2O4/c1-5-20-18-31(17-19-14-26(33-2)29(35-4)27(15-19)34-3)13-11-21(20)16-25(31)28(32)23-10-12-30-24-9-7-6-8-22(23)24/h5-10,12,14-15,20-21,25,28,32H,1,11,13,16-18H2,2-4H3/q+1/t20-,21-,25+,28-,31+/m0/s1. The summed E-state index contributed by atoms with van der Waals surface area (Å²) in [6.45, 7) is 6.92. The zero-order chi connectivity index (χ0) is 24.6. The van der Waals surface area contributed by atoms with Crippen LogP contribution in [0.25, 0.3) is 10.9 Å². The van der Waals surface area contributed by atoms with Crippen molar-refractivity contribution in [3.8, 4) is 17.2 Å². The minimum Gasteiger partial charge on any atom is -0.493 e. The summed E-state index contributed by atoms with van der Waals surface area (Å²) in [6.07, 6.45) is 5.46. The van der Waals surface area contributed by atoms with Gasteiger partial charge < -0.3 is 23.8 Å². The maximum atomic E-state index is 11.9. The van der Waals surface area contributed by atoms with Crippen molar-refractivity contribution in [1.82, 2.24) is 4.98 Å². The molecular weight excluding hydrogens is 440 g/mol. The van der Waals surface area contributed by atoms with Crippen molar-refractivity contribution < 1.29 is 23.8 Å². The van der Waals surface area contributed by atoms with Gasteiger partial charge in [0.2, 0.25) is 5.75 Å². The average molecular weight is 476 g/mol. The van der Waals surface area contributed by atoms with E-state index in [9.17, 15) is 5.11 Å². The van der Waals surface area contributed by atoms with E-state index in [0.717, 1.165) is 59.0 Å². The molecule has 6 rings (SSSR count). The Morgan fingerprint density at radius 3 is 2.54 bits per heavy atom. The Morgan fingerprint density at radius 2 is 1.86 bits per heavy atom. The number of pyridine rings is 1. The molecule has 1 aromatic heterocycles. The molecule has 3 saturated heterocycles. The van der Waals surface area contributed by atoms with Crippen molar-refractivity contribution in [2.75, 3.05) is 34.4 Å². The van der Waals surface area contributed by atoms with Gasteiger partial charge >= 0.3 is 0 Å². The molecule has 35 heavy (non-hydrogen) atoms. The van der Waals surface area contributed by atoms with Crippen LogP contribution in [0, 0.1) is 11.8 Å². The molecule has 0 aliphatic carbocycles. The highest BCUT2D eigenvalue weighted by atomic mass is 16.5. The lowest BCUT2D eigenvalue weighted by atomic mass is 9.71. The number of aromatic nitrogens is 1. The fourth-order valence-electron chi connectivity index (χ4n) is 6.55. The molecule has 3 aliphatic rings. The Morgan fingerprint density at radius 1 is 1.11 bits per heavy atom. The second-order valence-electron chi connectivity index (χ2n) is 9.93. The Balaban J connectivity index is 1.57. The predicted octanol–water partition coefficient (Wildman–Crippen LogP) is 4.91. The van der Waals surface area contributed by atoms with E-state index in [1.165, 1.54) is 0 Å². The van der Waals surface area contributed by atoms with Crippen molar-refractivity contribution in [3.05, 3.63) is 72.4 Å². The van der Waals surface area contributed by atoms with Gasteiger partial charge in [0.05, 0.1) is 39.9 Å². The number of para-hydroxylation sites is 1. The fraction of sp³-hybridized carbons (Fsp3) is 0.414. The Kier molecular flexibility index (Phi) is 6.43. The number of aliphatic hydroxyl groups excluding tert-OH is 1. The monoisotopic (exact) mass is 475 g/mol. The van der Waals surface area contributed by atoms with E-state index in [1.54, 1.807) is 21.3 Å². The number of ether oxygens (including phenoxy) is 3. The lowest BCUT2D eigenvalue weighted by molar-refractivity contribution is -0.984. The molecule has 3 fully saturated rings. The van der Waals surface area contributed by atoms with Crippen molar-refractivity contribution in [3.63, 3.8) is 0 Å². The number of quaternary nitrogens is 1. The first-order valence-corrected chi connectivity index (χ1v) is 12.3. The molecule has 0 amide bonds. The quantitative estimate of drug-likeness (QED) is 0.371. The summed E-state index contributed by atoms with van der Waals surface area (Å²) in [4.78, 5) is 4.51. The van der Waals surface area contributed by atoms with Crippen LogP contribution in [0.15, 0.2) is 61.3 Å². The summed E-state index contributed by atoms with van der Waals surface area (Å²) >= 11 is 0. The topological polar surface area (TPSA) is 60.8 Å². The average Bonchev–Trinajstić information content (AvgIpc) is 2.91. The van der Waals surface area contributed by atoms with E-state index >= 15 is 0 Å². The smallest absolute Gasteiger partial charge is 0.203 e. The third kappa shape index (κ3) is 4.05. The number of aliphatic hydroxyl groups is 1. The van der Waals surface area contributed by atoms with E-state index < -0.39 is 6.10 Å². The number of nitrogens with zero attached hydrogens (tertiary/aromatic N) is 2. The normalized spacial score (nSPS) is 26.3. The fourth-order valence-corrected chi connectivity index (χ4v) is 6.55. The van der Waals surface area contributed by atoms with Gasteiger partial charge in [-0.15, -0.1) is 6.58 Å². The zero-order valence-corrected chi connectivity index (χ0v) is 20.8. The van der Waals surface area contributed by atoms with Crippen molar-refractivity contribution in [2.24, 2.45) is 11.8 Å². The molecule has 0 saturated carbocycles. The molecule has 2 aromatic carbocycles. The third-order valence-corrected chi connectivity index (χ3v) is 8.26. The van der Waals surface area contributed by atoms with Gasteiger partial charge in [0.1, 0.15) is 18.7 Å². The second kappa shape index (κ2) is 9.51. The summed E-state index contributed by atoms with van der Waals surface area (Å²) in [6, 6.07) is 14.2. The first-order chi connectivity index (χ1) is 17.0. The lowest BCUT2D eigenvalue weighted by Crippen LogP contribution is -2.67. The van der Waals surface area contributed by atoms with Gasteiger partial charge in [-0.1, -0.05) is 24.3 Å². The van der Waals surface area contributed by atoms with E-state index in [1.807, 2.05) is 42.6 Å². The van der Waals surface area contributed by atoms with E-state index in [2.05, 4.69) is 23.7 Å². The first-order valence-electron chi connectivity index (χ1n) is 12.3. The number of piperidine rings is 3. The van der Waals surface area contributed by atoms with Crippen LogP contribution in [0.5, 0.6) is 17.2 Å². The van der Waals surface area contributed by atoms with Crippen LogP contribution in [0.3, 0.4) is 0 Å². The van der Waals surface area contributed by atoms with Crippen LogP contribution in [0.4, 0.5) is 0 Å². The Bertz CT molecular complexity index is 1200. The van der Waals surface area contributed by atoms with Gasteiger partial charge in [0, 0.05) is 35.9 Å². The van der Waals surface area contributed by atoms with Crippen LogP contribution in [-0.2, 0) is 6.54 Å². The van der Waals surface area contributed by atoms with Crippen LogP contribution in [0.1, 0.15) is 30.1 Å². The third-order valence-electron chi connectivity index (χ3n) is 8.26. The van der Waals surface area contributed by atoms with Crippen molar-refractivity contribution >= 4 is 10.9 Å². The summed E-state index contributed by atoms with van der Waals surface area (Å²) in [5.41, 5.74) is 2.99. The highest BCUT2D eigenvalue weighted by Crippen LogP contribution is 2.49. The number of hydrogen-bond acceptors (Lipinski definition) is 5. The molecule has 0 spiro atoms. The van der Waals surface area contributed by atoms with E-state index in [-0.39, 0.29) is 6.04 Å². The maximum Gasteiger partial charge on any atom is 0.203 e. The number of fused-ring (bicyclic) bond motifs is 4. The molecule has 184 valence electrons. The van der Waals surface area contributed by atoms with Crippen LogP contribution < -0.4 is 14.2 Å². The molecule has 6 nitrogen and oxygen atoms in total. The molecule has 3 aromatic rings. The minimum atomic E-state index is -0.585. The molecule has 2 bridgehead atoms. The van der Waals surface area contributed by atoms with Gasteiger partial charge in [-0.3, -0.25) is 4.98 Å². The lowest BCUT2D eigenvalue weighted by Gasteiger charge is -2.58. The van der Waals surface area contributed by atoms with E-state index in [4.69, 9.17) is 14.2 Å². The Hall–Kier alpha value is -3.09. The highest BCUT2D eigenvalue weighted by Gasteiger charge is 2.54. The number of benzene rings is 2. The van der Waals surface area contributed by atoms with Gasteiger partial charge in [-0.05, 0) is 35.7 Å². The number of rotatable bonds is 8. The zero-order valence-electron chi connectivity index (χ0n) is 20.8. The Labute approximate surface area is 207 Å². The molecule has 6 heteroatoms. The van der Waals surface area contributed by atoms with E-state index in [0.29, 0.717) is 29.1 Å². The number of methoxy groups -OCH3 is 3. The van der Waals surface area contributed by atoms with Crippen molar-refractivity contribution in [1.29, 1.82) is 0 Å². The van der Waals surface area contributed by atoms with Gasteiger partial charge in [0.15, 0.2) is 11.5 Å². The van der Waals surface area contributed by atoms with Gasteiger partial charge in [0.25, 0.3) is 0 Å². The number of hydrogen-bond donors (Lipinski definition) is 1. The maximum absolute atomic E-state index is 11.9. The van der Waals surface area contributed by atoms with Gasteiger partial charge in [-0.2, -0.15) is 0 Å². The van der Waals surface area contributed by atoms with Crippen LogP contribution in [-0.4, -0.2) is 55.0 Å². The summed E-state index contributed by atoms with van der Waals surface area (Å²) in [5, 5.41) is 12.9. The van der Waals surface area contributed by atoms with Crippen molar-refractivity contribution in [2.45, 2.75) is 31.5 Å². The first kappa shape index (κ1) is 23.6. The second-order valence-corrected chi connectivity index (χ2v) is 9.93. The van der Waals surface area contributed by atoms with Gasteiger partial charge in [-0.25, -0.2) is 0 Å². The summed E-state index contributed by atoms with van der Waals surface area (Å²) in [5.74, 6) is 2.91. The molecule has 1 N–H and O–H groups in total. The van der Waals surface area contributed by atoms with Crippen LogP contribution in [0.2, 0.25) is 0 Å². The molecule has 0 radical (unpaired) electrons. The SMILES string of the molecule is C=C[C@H]1C[N@+]2(Cc3cc(OC)c(OC)c(OC)c3)CC[C@H]1C[C@@H]2[C@@H](O)c1ccnc2ccccc12. The molecule has 5 atom stereocenters. The molecule has 0 unspecified atom stereocenters. The minimum absolute atomic E-state index is 0.0786. The summed E-state index contributed by atoms with van der Waals surface area (Å²) in [7, 11) is 4.92. The largest absolute Gasteiger partial charge is 0.493 e. The summed E-state index contributed by atoms with van der Waals surface area (Å²) < 4.78 is 17.6. The molecule has 4 heterocycles. The molecule has 3 aliphatic heterocycles. The predicted molar refractivity (Wildman–Crippen MR) is 137 cm³/mol.